The highest BCUT2D eigenvalue weighted by molar-refractivity contribution is 7.80. The van der Waals surface area contributed by atoms with Gasteiger partial charge in [-0.3, -0.25) is 33.6 Å². The summed E-state index contributed by atoms with van der Waals surface area (Å²) in [7, 11) is 0. The Balaban J connectivity index is 5.74. The van der Waals surface area contributed by atoms with Crippen LogP contribution in [0.5, 0.6) is 0 Å². The summed E-state index contributed by atoms with van der Waals surface area (Å²) in [6.07, 6.45) is -1.60. The van der Waals surface area contributed by atoms with Gasteiger partial charge in [0, 0.05) is 17.9 Å². The molecule has 0 rings (SSSR count). The molecular formula is C25H42N6O11S2. The van der Waals surface area contributed by atoms with Crippen LogP contribution in [0.15, 0.2) is 0 Å². The molecule has 5 amide bonds. The maximum absolute atomic E-state index is 13.3. The number of carbonyl (C=O) groups excluding carboxylic acids is 5. The third-order valence-corrected chi connectivity index (χ3v) is 6.85. The summed E-state index contributed by atoms with van der Waals surface area (Å²) in [4.78, 5) is 97.6. The molecule has 6 atom stereocenters. The van der Waals surface area contributed by atoms with E-state index in [-0.39, 0.29) is 17.9 Å². The van der Waals surface area contributed by atoms with Gasteiger partial charge < -0.3 is 47.6 Å². The predicted octanol–water partition coefficient (Wildman–Crippen LogP) is -2.67. The zero-order chi connectivity index (χ0) is 34.3. The van der Waals surface area contributed by atoms with E-state index in [0.717, 1.165) is 0 Å². The normalized spacial score (nSPS) is 15.1. The number of carboxylic acid groups (broad SMARTS) is 3. The SMILES string of the molecule is CC(C)[C@H](NC(=O)[C@H](CC(=O)O)NC(=O)[C@@H](N)CCC(=O)O)C(=O)N[C@H](C(=O)N[C@@H](CS)C(=O)N[C@@H](CS)C(=O)O)C(C)C. The highest BCUT2D eigenvalue weighted by atomic mass is 32.1. The molecule has 0 aromatic carbocycles. The Morgan fingerprint density at radius 2 is 1.00 bits per heavy atom. The fraction of sp³-hybridized carbons (Fsp3) is 0.680. The minimum Gasteiger partial charge on any atom is -0.481 e. The van der Waals surface area contributed by atoms with Gasteiger partial charge in [-0.15, -0.1) is 0 Å². The Morgan fingerprint density at radius 1 is 0.591 bits per heavy atom. The molecule has 0 saturated carbocycles. The van der Waals surface area contributed by atoms with Crippen LogP contribution in [-0.2, 0) is 38.4 Å². The van der Waals surface area contributed by atoms with Gasteiger partial charge in [-0.2, -0.15) is 25.3 Å². The Kier molecular flexibility index (Phi) is 18.0. The van der Waals surface area contributed by atoms with Crippen LogP contribution in [0.3, 0.4) is 0 Å². The smallest absolute Gasteiger partial charge is 0.327 e. The van der Waals surface area contributed by atoms with Crippen LogP contribution in [0.2, 0.25) is 0 Å². The molecule has 0 saturated heterocycles. The zero-order valence-electron chi connectivity index (χ0n) is 24.7. The van der Waals surface area contributed by atoms with Crippen LogP contribution in [-0.4, -0.2) is 111 Å². The van der Waals surface area contributed by atoms with E-state index in [2.05, 4.69) is 51.8 Å². The summed E-state index contributed by atoms with van der Waals surface area (Å²) in [6, 6.07) is -8.17. The quantitative estimate of drug-likeness (QED) is 0.0594. The first-order valence-corrected chi connectivity index (χ1v) is 14.8. The summed E-state index contributed by atoms with van der Waals surface area (Å²) >= 11 is 7.91. The number of aliphatic carboxylic acids is 3. The molecule has 0 heterocycles. The van der Waals surface area contributed by atoms with Crippen molar-refractivity contribution in [3.8, 4) is 0 Å². The lowest BCUT2D eigenvalue weighted by atomic mass is 9.99. The van der Waals surface area contributed by atoms with Crippen molar-refractivity contribution in [3.05, 3.63) is 0 Å². The van der Waals surface area contributed by atoms with Gasteiger partial charge in [0.25, 0.3) is 0 Å². The summed E-state index contributed by atoms with van der Waals surface area (Å²) in [6.45, 7) is 6.31. The lowest BCUT2D eigenvalue weighted by molar-refractivity contribution is -0.142. The van der Waals surface area contributed by atoms with Crippen LogP contribution in [0, 0.1) is 11.8 Å². The molecule has 0 unspecified atom stereocenters. The number of carbonyl (C=O) groups is 8. The second kappa shape index (κ2) is 19.6. The fourth-order valence-corrected chi connectivity index (χ4v) is 4.06. The van der Waals surface area contributed by atoms with Crippen LogP contribution in [0.1, 0.15) is 47.0 Å². The molecule has 44 heavy (non-hydrogen) atoms. The van der Waals surface area contributed by atoms with Crippen molar-refractivity contribution in [2.24, 2.45) is 17.6 Å². The van der Waals surface area contributed by atoms with Crippen LogP contribution >= 0.6 is 25.3 Å². The number of hydrogen-bond acceptors (Lipinski definition) is 11. The molecule has 0 spiro atoms. The van der Waals surface area contributed by atoms with E-state index in [9.17, 15) is 43.5 Å². The zero-order valence-corrected chi connectivity index (χ0v) is 26.5. The molecule has 0 aliphatic rings. The summed E-state index contributed by atoms with van der Waals surface area (Å²) in [5, 5.41) is 38.8. The van der Waals surface area contributed by atoms with E-state index in [1.54, 1.807) is 27.7 Å². The maximum atomic E-state index is 13.3. The number of nitrogens with two attached hydrogens (primary N) is 1. The molecule has 0 aliphatic carbocycles. The Bertz CT molecular complexity index is 1080. The molecule has 17 nitrogen and oxygen atoms in total. The third kappa shape index (κ3) is 14.3. The number of rotatable bonds is 20. The minimum atomic E-state index is -1.67. The number of nitrogens with one attached hydrogen (secondary N) is 5. The Morgan fingerprint density at radius 3 is 1.41 bits per heavy atom. The molecule has 0 aromatic rings. The van der Waals surface area contributed by atoms with Crippen LogP contribution < -0.4 is 32.3 Å². The highest BCUT2D eigenvalue weighted by Crippen LogP contribution is 2.09. The van der Waals surface area contributed by atoms with Gasteiger partial charge in [0.05, 0.1) is 12.5 Å². The van der Waals surface area contributed by atoms with Crippen molar-refractivity contribution in [1.29, 1.82) is 0 Å². The molecule has 250 valence electrons. The highest BCUT2D eigenvalue weighted by Gasteiger charge is 2.35. The molecule has 0 fully saturated rings. The average molecular weight is 667 g/mol. The van der Waals surface area contributed by atoms with E-state index >= 15 is 0 Å². The number of carboxylic acids is 3. The van der Waals surface area contributed by atoms with Crippen molar-refractivity contribution >= 4 is 72.7 Å². The Hall–Kier alpha value is -3.58. The van der Waals surface area contributed by atoms with Gasteiger partial charge >= 0.3 is 17.9 Å². The monoisotopic (exact) mass is 666 g/mol. The predicted molar refractivity (Wildman–Crippen MR) is 162 cm³/mol. The van der Waals surface area contributed by atoms with Gasteiger partial charge in [-0.25, -0.2) is 4.79 Å². The van der Waals surface area contributed by atoms with Crippen molar-refractivity contribution in [3.63, 3.8) is 0 Å². The van der Waals surface area contributed by atoms with Gasteiger partial charge in [-0.1, -0.05) is 27.7 Å². The van der Waals surface area contributed by atoms with Crippen molar-refractivity contribution in [1.82, 2.24) is 26.6 Å². The molecule has 0 aromatic heterocycles. The van der Waals surface area contributed by atoms with Crippen LogP contribution in [0.25, 0.3) is 0 Å². The van der Waals surface area contributed by atoms with E-state index in [1.165, 1.54) is 0 Å². The molecule has 10 N–H and O–H groups in total. The average Bonchev–Trinajstić information content (AvgIpc) is 2.92. The van der Waals surface area contributed by atoms with Crippen LogP contribution in [0.4, 0.5) is 0 Å². The maximum Gasteiger partial charge on any atom is 0.327 e. The lowest BCUT2D eigenvalue weighted by Gasteiger charge is -2.29. The van der Waals surface area contributed by atoms with Gasteiger partial charge in [0.15, 0.2) is 0 Å². The third-order valence-electron chi connectivity index (χ3n) is 6.12. The standard InChI is InChI=1S/C25H42N6O11S2/c1-10(2)18(23(39)28-14(8-43)22(38)29-15(9-44)25(41)42)31-24(40)19(11(3)4)30-21(37)13(7-17(34)35)27-20(36)12(26)5-6-16(32)33/h10-15,18-19,43-44H,5-9,26H2,1-4H3,(H,27,36)(H,28,39)(H,29,38)(H,30,37)(H,31,40)(H,32,33)(H,34,35)(H,41,42)/t12-,13-,14-,15-,18-,19-/m0/s1. The first-order valence-electron chi connectivity index (χ1n) is 13.5. The first kappa shape index (κ1) is 40.4. The lowest BCUT2D eigenvalue weighted by Crippen LogP contribution is -2.61. The van der Waals surface area contributed by atoms with Crippen molar-refractivity contribution in [2.75, 3.05) is 11.5 Å². The van der Waals surface area contributed by atoms with Crippen molar-refractivity contribution in [2.45, 2.75) is 83.2 Å². The number of thiol groups is 2. The summed E-state index contributed by atoms with van der Waals surface area (Å²) in [5.74, 6) is -10.1. The summed E-state index contributed by atoms with van der Waals surface area (Å²) in [5.41, 5.74) is 5.65. The first-order chi connectivity index (χ1) is 20.4. The van der Waals surface area contributed by atoms with Gasteiger partial charge in [0.2, 0.25) is 29.5 Å². The number of amides is 5. The summed E-state index contributed by atoms with van der Waals surface area (Å²) < 4.78 is 0. The largest absolute Gasteiger partial charge is 0.481 e. The molecular weight excluding hydrogens is 624 g/mol. The molecule has 19 heteroatoms. The number of hydrogen-bond donors (Lipinski definition) is 11. The molecule has 0 bridgehead atoms. The molecule has 0 radical (unpaired) electrons. The van der Waals surface area contributed by atoms with Gasteiger partial charge in [0.1, 0.15) is 30.2 Å². The second-order valence-corrected chi connectivity index (χ2v) is 11.2. The topological polar surface area (TPSA) is 283 Å². The van der Waals surface area contributed by atoms with E-state index in [1.807, 2.05) is 0 Å². The fourth-order valence-electron chi connectivity index (χ4n) is 3.55. The van der Waals surface area contributed by atoms with Crippen molar-refractivity contribution < 1.29 is 53.7 Å². The van der Waals surface area contributed by atoms with E-state index in [4.69, 9.17) is 15.9 Å². The van der Waals surface area contributed by atoms with E-state index in [0.29, 0.717) is 0 Å². The van der Waals surface area contributed by atoms with E-state index < -0.39 is 108 Å². The Labute approximate surface area is 265 Å². The molecule has 0 aliphatic heterocycles. The minimum absolute atomic E-state index is 0.212. The van der Waals surface area contributed by atoms with Gasteiger partial charge in [-0.05, 0) is 18.3 Å². The second-order valence-electron chi connectivity index (χ2n) is 10.5.